The molecule has 4 aromatic carbocycles. The van der Waals surface area contributed by atoms with Gasteiger partial charge in [-0.05, 0) is 84.7 Å². The van der Waals surface area contributed by atoms with Gasteiger partial charge in [-0.2, -0.15) is 0 Å². The Bertz CT molecular complexity index is 1770. The zero-order valence-corrected chi connectivity index (χ0v) is 27.6. The van der Waals surface area contributed by atoms with Crippen LogP contribution in [0.1, 0.15) is 47.1 Å². The number of likely N-dealkylation sites (tertiary alicyclic amines) is 2. The van der Waals surface area contributed by atoms with Crippen molar-refractivity contribution in [3.63, 3.8) is 0 Å². The van der Waals surface area contributed by atoms with E-state index in [2.05, 4.69) is 29.3 Å². The Morgan fingerprint density at radius 3 is 1.76 bits per heavy atom. The maximum atomic E-state index is 12.9. The molecule has 4 aromatic rings. The molecule has 0 aliphatic carbocycles. The van der Waals surface area contributed by atoms with E-state index in [1.165, 1.54) is 5.56 Å². The molecule has 2 heterocycles. The number of aryl methyl sites for hydroxylation is 1. The monoisotopic (exact) mass is 655 g/mol. The molecule has 0 radical (unpaired) electrons. The average molecular weight is 656 g/mol. The summed E-state index contributed by atoms with van der Waals surface area (Å²) < 4.78 is 10.9. The summed E-state index contributed by atoms with van der Waals surface area (Å²) in [6.45, 7) is 2.84. The van der Waals surface area contributed by atoms with E-state index < -0.39 is 6.09 Å². The van der Waals surface area contributed by atoms with Crippen molar-refractivity contribution in [2.75, 3.05) is 31.5 Å². The van der Waals surface area contributed by atoms with E-state index >= 15 is 0 Å². The van der Waals surface area contributed by atoms with E-state index in [0.29, 0.717) is 37.7 Å². The molecule has 2 saturated heterocycles. The molecule has 0 bridgehead atoms. The second-order valence-corrected chi connectivity index (χ2v) is 12.7. The van der Waals surface area contributed by atoms with E-state index in [1.807, 2.05) is 102 Å². The van der Waals surface area contributed by atoms with Crippen LogP contribution in [0.4, 0.5) is 15.3 Å². The van der Waals surface area contributed by atoms with E-state index in [-0.39, 0.29) is 24.5 Å². The van der Waals surface area contributed by atoms with Gasteiger partial charge in [0.2, 0.25) is 5.91 Å². The molecule has 2 atom stereocenters. The van der Waals surface area contributed by atoms with E-state index in [1.54, 1.807) is 4.90 Å². The first-order chi connectivity index (χ1) is 24.0. The van der Waals surface area contributed by atoms with Gasteiger partial charge >= 0.3 is 12.2 Å². The molecule has 0 aromatic heterocycles. The smallest absolute Gasteiger partial charge is 0.410 e. The first-order valence-corrected chi connectivity index (χ1v) is 16.9. The van der Waals surface area contributed by atoms with Gasteiger partial charge in [0.1, 0.15) is 13.2 Å². The molecule has 0 saturated carbocycles. The van der Waals surface area contributed by atoms with E-state index in [9.17, 15) is 14.4 Å². The van der Waals surface area contributed by atoms with Crippen molar-refractivity contribution >= 4 is 23.8 Å². The molecule has 3 amide bonds. The summed E-state index contributed by atoms with van der Waals surface area (Å²) in [5.74, 6) is 6.50. The van der Waals surface area contributed by atoms with Gasteiger partial charge in [0.15, 0.2) is 0 Å². The highest BCUT2D eigenvalue weighted by Gasteiger charge is 2.32. The average Bonchev–Trinajstić information content (AvgIpc) is 3.84. The van der Waals surface area contributed by atoms with E-state index in [4.69, 9.17) is 9.47 Å². The van der Waals surface area contributed by atoms with Gasteiger partial charge in [-0.1, -0.05) is 84.6 Å². The summed E-state index contributed by atoms with van der Waals surface area (Å²) in [5, 5.41) is 2.97. The zero-order chi connectivity index (χ0) is 33.8. The fourth-order valence-corrected chi connectivity index (χ4v) is 6.15. The van der Waals surface area contributed by atoms with Gasteiger partial charge in [0.25, 0.3) is 0 Å². The van der Waals surface area contributed by atoms with Crippen molar-refractivity contribution in [2.45, 2.75) is 38.9 Å². The maximum Gasteiger partial charge on any atom is 0.410 e. The Morgan fingerprint density at radius 1 is 0.633 bits per heavy atom. The molecular formula is C41H41N3O5. The Morgan fingerprint density at radius 2 is 1.16 bits per heavy atom. The zero-order valence-electron chi connectivity index (χ0n) is 27.6. The van der Waals surface area contributed by atoms with Crippen molar-refractivity contribution in [2.24, 2.45) is 11.8 Å². The van der Waals surface area contributed by atoms with Crippen molar-refractivity contribution in [1.29, 1.82) is 0 Å². The summed E-state index contributed by atoms with van der Waals surface area (Å²) >= 11 is 0. The van der Waals surface area contributed by atoms with Gasteiger partial charge in [-0.3, -0.25) is 4.79 Å². The molecule has 250 valence electrons. The van der Waals surface area contributed by atoms with Crippen LogP contribution in [-0.2, 0) is 33.9 Å². The van der Waals surface area contributed by atoms with E-state index in [0.717, 1.165) is 54.6 Å². The van der Waals surface area contributed by atoms with Gasteiger partial charge in [0, 0.05) is 43.0 Å². The molecule has 8 heteroatoms. The third-order valence-electron chi connectivity index (χ3n) is 9.07. The first kappa shape index (κ1) is 33.4. The second-order valence-electron chi connectivity index (χ2n) is 12.7. The molecule has 1 N–H and O–H groups in total. The number of rotatable bonds is 9. The number of ether oxygens (including phenoxy) is 2. The molecule has 6 rings (SSSR count). The summed E-state index contributed by atoms with van der Waals surface area (Å²) in [5.41, 5.74) is 5.65. The van der Waals surface area contributed by atoms with Gasteiger partial charge < -0.3 is 24.6 Å². The minimum atomic E-state index is -0.396. The Kier molecular flexibility index (Phi) is 11.2. The minimum Gasteiger partial charge on any atom is -0.445 e. The van der Waals surface area contributed by atoms with Crippen molar-refractivity contribution < 1.29 is 23.9 Å². The fraction of sp³-hybridized carbons (Fsp3) is 0.293. The number of hydrogen-bond donors (Lipinski definition) is 1. The first-order valence-electron chi connectivity index (χ1n) is 16.9. The van der Waals surface area contributed by atoms with Crippen molar-refractivity contribution in [3.05, 3.63) is 137 Å². The third-order valence-corrected chi connectivity index (χ3v) is 9.07. The fourth-order valence-electron chi connectivity index (χ4n) is 6.15. The summed E-state index contributed by atoms with van der Waals surface area (Å²) in [6, 6.07) is 35.1. The maximum absolute atomic E-state index is 12.9. The molecule has 0 spiro atoms. The standard InChI is InChI=1S/C41H41N3O5/c45-39(37-24-26-44(28-37)41(47)49-30-36-9-5-2-6-10-36)42-38-21-19-33(20-22-38)16-15-31-11-13-32(14-12-31)17-18-34-23-25-43(27-34)40(46)48-29-35-7-3-1-4-8-35/h1-14,19-22,34,37H,17-18,23-30H2,(H,42,45). The number of amides is 3. The lowest BCUT2D eigenvalue weighted by molar-refractivity contribution is -0.119. The Balaban J connectivity index is 0.899. The molecule has 2 aliphatic rings. The molecule has 49 heavy (non-hydrogen) atoms. The van der Waals surface area contributed by atoms with Gasteiger partial charge in [0.05, 0.1) is 5.92 Å². The number of carbonyl (C=O) groups excluding carboxylic acids is 3. The van der Waals surface area contributed by atoms with Crippen LogP contribution in [0.5, 0.6) is 0 Å². The second kappa shape index (κ2) is 16.5. The number of nitrogens with zero attached hydrogens (tertiary/aromatic N) is 2. The number of carbonyl (C=O) groups is 3. The number of benzene rings is 4. The van der Waals surface area contributed by atoms with Crippen LogP contribution in [0.15, 0.2) is 109 Å². The topological polar surface area (TPSA) is 88.2 Å². The Labute approximate surface area is 288 Å². The molecular weight excluding hydrogens is 614 g/mol. The van der Waals surface area contributed by atoms with Crippen LogP contribution in [0, 0.1) is 23.7 Å². The molecule has 2 aliphatic heterocycles. The highest BCUT2D eigenvalue weighted by atomic mass is 16.6. The molecule has 2 fully saturated rings. The van der Waals surface area contributed by atoms with Crippen molar-refractivity contribution in [1.82, 2.24) is 9.80 Å². The highest BCUT2D eigenvalue weighted by Crippen LogP contribution is 2.23. The summed E-state index contributed by atoms with van der Waals surface area (Å²) in [7, 11) is 0. The lowest BCUT2D eigenvalue weighted by atomic mass is 9.98. The van der Waals surface area contributed by atoms with Crippen LogP contribution in [-0.4, -0.2) is 54.1 Å². The largest absolute Gasteiger partial charge is 0.445 e. The molecule has 8 nitrogen and oxygen atoms in total. The van der Waals surface area contributed by atoms with Crippen LogP contribution in [0.2, 0.25) is 0 Å². The predicted molar refractivity (Wildman–Crippen MR) is 188 cm³/mol. The summed E-state index contributed by atoms with van der Waals surface area (Å²) in [4.78, 5) is 41.2. The van der Waals surface area contributed by atoms with Crippen LogP contribution in [0.25, 0.3) is 0 Å². The third kappa shape index (κ3) is 9.74. The van der Waals surface area contributed by atoms with Crippen LogP contribution >= 0.6 is 0 Å². The minimum absolute atomic E-state index is 0.108. The quantitative estimate of drug-likeness (QED) is 0.192. The highest BCUT2D eigenvalue weighted by molar-refractivity contribution is 5.93. The van der Waals surface area contributed by atoms with Crippen LogP contribution in [0.3, 0.4) is 0 Å². The lowest BCUT2D eigenvalue weighted by Crippen LogP contribution is -2.31. The number of anilines is 1. The van der Waals surface area contributed by atoms with Crippen molar-refractivity contribution in [3.8, 4) is 11.8 Å². The molecule has 2 unspecified atom stereocenters. The summed E-state index contributed by atoms with van der Waals surface area (Å²) in [6.07, 6.45) is 2.95. The number of nitrogens with one attached hydrogen (secondary N) is 1. The van der Waals surface area contributed by atoms with Gasteiger partial charge in [-0.15, -0.1) is 0 Å². The van der Waals surface area contributed by atoms with Gasteiger partial charge in [-0.25, -0.2) is 9.59 Å². The SMILES string of the molecule is O=C(Nc1ccc(C#Cc2ccc(CCC3CCN(C(=O)OCc4ccccc4)C3)cc2)cc1)C1CCN(C(=O)OCc2ccccc2)C1. The van der Waals surface area contributed by atoms with Crippen LogP contribution < -0.4 is 5.32 Å². The normalized spacial score (nSPS) is 16.8. The number of hydrogen-bond acceptors (Lipinski definition) is 5. The lowest BCUT2D eigenvalue weighted by Gasteiger charge is -2.16. The predicted octanol–water partition coefficient (Wildman–Crippen LogP) is 7.27. The Hall–Kier alpha value is -5.55.